The average Bonchev–Trinajstić information content (AvgIpc) is 2.88. The lowest BCUT2D eigenvalue weighted by Gasteiger charge is -2.59. The van der Waals surface area contributed by atoms with Crippen LogP contribution in [0.25, 0.3) is 0 Å². The third-order valence-electron chi connectivity index (χ3n) is 8.26. The van der Waals surface area contributed by atoms with E-state index >= 15 is 0 Å². The van der Waals surface area contributed by atoms with E-state index in [-0.39, 0.29) is 41.0 Å². The van der Waals surface area contributed by atoms with Crippen molar-refractivity contribution in [3.8, 4) is 0 Å². The highest BCUT2D eigenvalue weighted by Crippen LogP contribution is 2.65. The Morgan fingerprint density at radius 2 is 1.96 bits per heavy atom. The zero-order chi connectivity index (χ0) is 18.9. The zero-order valence-corrected chi connectivity index (χ0v) is 15.9. The van der Waals surface area contributed by atoms with Crippen LogP contribution in [0.4, 0.5) is 0 Å². The minimum absolute atomic E-state index is 0.0666. The average molecular weight is 362 g/mol. The molecule has 1 unspecified atom stereocenters. The summed E-state index contributed by atoms with van der Waals surface area (Å²) in [5, 5.41) is 21.4. The Labute approximate surface area is 154 Å². The number of methoxy groups -OCH3 is 1. The third-order valence-corrected chi connectivity index (χ3v) is 8.26. The van der Waals surface area contributed by atoms with E-state index in [9.17, 15) is 19.8 Å². The Morgan fingerprint density at radius 3 is 2.65 bits per heavy atom. The largest absolute Gasteiger partial charge is 0.469 e. The van der Waals surface area contributed by atoms with E-state index in [4.69, 9.17) is 4.74 Å². The van der Waals surface area contributed by atoms with Crippen LogP contribution in [0.3, 0.4) is 0 Å². The molecular weight excluding hydrogens is 332 g/mol. The van der Waals surface area contributed by atoms with Crippen LogP contribution in [0.2, 0.25) is 0 Å². The summed E-state index contributed by atoms with van der Waals surface area (Å²) in [6.45, 7) is 4.16. The molecule has 4 aliphatic rings. The molecule has 0 heterocycles. The first-order valence-corrected chi connectivity index (χ1v) is 9.91. The van der Waals surface area contributed by atoms with Crippen molar-refractivity contribution in [1.29, 1.82) is 0 Å². The van der Waals surface area contributed by atoms with E-state index in [0.29, 0.717) is 25.7 Å². The van der Waals surface area contributed by atoms with Gasteiger partial charge in [-0.15, -0.1) is 0 Å². The predicted octanol–water partition coefficient (Wildman–Crippen LogP) is 2.25. The van der Waals surface area contributed by atoms with E-state index in [1.807, 2.05) is 13.0 Å². The fourth-order valence-corrected chi connectivity index (χ4v) is 6.92. The summed E-state index contributed by atoms with van der Waals surface area (Å²) in [5.41, 5.74) is 0.323. The molecule has 3 saturated carbocycles. The number of ketones is 1. The SMILES string of the molecule is COC(=O)[C@@H]1C=C2C[C@@H](O)CC[C@]2(C)[C@@H]2[C@@H]1C1CCC(=O)[C@@]1(C)C[C@H]2O. The van der Waals surface area contributed by atoms with Crippen molar-refractivity contribution >= 4 is 11.8 Å². The third kappa shape index (κ3) is 2.29. The summed E-state index contributed by atoms with van der Waals surface area (Å²) in [6.07, 6.45) is 4.91. The molecule has 0 aliphatic heterocycles. The second-order valence-corrected chi connectivity index (χ2v) is 9.42. The van der Waals surface area contributed by atoms with E-state index in [1.165, 1.54) is 7.11 Å². The van der Waals surface area contributed by atoms with Crippen LogP contribution in [0.15, 0.2) is 11.6 Å². The standard InChI is InChI=1S/C21H30O5/c1-20-7-6-12(22)8-11(20)9-13(19(25)26-3)17-14-4-5-16(24)21(14,2)10-15(23)18(17)20/h9,12-15,17-18,22-23H,4-8,10H2,1-3H3/t12-,13+,14?,15+,17-,18-,20-,21-/m0/s1. The molecule has 0 amide bonds. The van der Waals surface area contributed by atoms with Gasteiger partial charge in [0.05, 0.1) is 25.2 Å². The minimum atomic E-state index is -0.612. The fourth-order valence-electron chi connectivity index (χ4n) is 6.92. The Hall–Kier alpha value is -1.20. The van der Waals surface area contributed by atoms with Gasteiger partial charge in [0.2, 0.25) is 0 Å². The van der Waals surface area contributed by atoms with Gasteiger partial charge in [0.1, 0.15) is 5.78 Å². The lowest BCUT2D eigenvalue weighted by Crippen LogP contribution is -2.59. The second kappa shape index (κ2) is 5.90. The summed E-state index contributed by atoms with van der Waals surface area (Å²) in [4.78, 5) is 25.3. The van der Waals surface area contributed by atoms with Crippen LogP contribution in [0.5, 0.6) is 0 Å². The van der Waals surface area contributed by atoms with Crippen LogP contribution < -0.4 is 0 Å². The van der Waals surface area contributed by atoms with Crippen LogP contribution in [-0.4, -0.2) is 41.3 Å². The Kier molecular flexibility index (Phi) is 4.12. The van der Waals surface area contributed by atoms with E-state index in [1.54, 1.807) is 0 Å². The molecular formula is C21H30O5. The molecule has 8 atom stereocenters. The number of aliphatic hydroxyl groups excluding tert-OH is 2. The number of fused-ring (bicyclic) bond motifs is 5. The van der Waals surface area contributed by atoms with E-state index in [2.05, 4.69) is 6.92 Å². The molecule has 0 radical (unpaired) electrons. The summed E-state index contributed by atoms with van der Waals surface area (Å²) in [7, 11) is 1.40. The molecule has 2 N–H and O–H groups in total. The van der Waals surface area contributed by atoms with Gasteiger partial charge in [-0.2, -0.15) is 0 Å². The number of ether oxygens (including phenoxy) is 1. The van der Waals surface area contributed by atoms with Crippen LogP contribution in [0, 0.1) is 34.5 Å². The normalized spacial score (nSPS) is 50.3. The van der Waals surface area contributed by atoms with Crippen molar-refractivity contribution < 1.29 is 24.5 Å². The molecule has 144 valence electrons. The molecule has 0 aromatic heterocycles. The number of aliphatic hydroxyl groups is 2. The molecule has 0 spiro atoms. The maximum absolute atomic E-state index is 12.7. The van der Waals surface area contributed by atoms with Gasteiger partial charge in [-0.1, -0.05) is 25.5 Å². The minimum Gasteiger partial charge on any atom is -0.469 e. The molecule has 0 saturated heterocycles. The van der Waals surface area contributed by atoms with E-state index < -0.39 is 17.4 Å². The van der Waals surface area contributed by atoms with Crippen molar-refractivity contribution in [3.63, 3.8) is 0 Å². The number of hydrogen-bond donors (Lipinski definition) is 2. The van der Waals surface area contributed by atoms with Gasteiger partial charge in [0.25, 0.3) is 0 Å². The molecule has 26 heavy (non-hydrogen) atoms. The van der Waals surface area contributed by atoms with Crippen LogP contribution in [0.1, 0.15) is 52.4 Å². The van der Waals surface area contributed by atoms with Gasteiger partial charge in [0.15, 0.2) is 0 Å². The Bertz CT molecular complexity index is 669. The molecule has 5 heteroatoms. The molecule has 5 nitrogen and oxygen atoms in total. The second-order valence-electron chi connectivity index (χ2n) is 9.42. The summed E-state index contributed by atoms with van der Waals surface area (Å²) in [5.74, 6) is -0.541. The van der Waals surface area contributed by atoms with Gasteiger partial charge in [-0.3, -0.25) is 9.59 Å². The molecule has 4 aliphatic carbocycles. The lowest BCUT2D eigenvalue weighted by atomic mass is 9.45. The van der Waals surface area contributed by atoms with Gasteiger partial charge < -0.3 is 14.9 Å². The van der Waals surface area contributed by atoms with Gasteiger partial charge >= 0.3 is 5.97 Å². The highest BCUT2D eigenvalue weighted by atomic mass is 16.5. The highest BCUT2D eigenvalue weighted by molar-refractivity contribution is 5.87. The predicted molar refractivity (Wildman–Crippen MR) is 95.0 cm³/mol. The zero-order valence-electron chi connectivity index (χ0n) is 15.9. The van der Waals surface area contributed by atoms with Crippen molar-refractivity contribution in [1.82, 2.24) is 0 Å². The number of Topliss-reactive ketones (excluding diaryl/α,β-unsaturated/α-hetero) is 1. The smallest absolute Gasteiger partial charge is 0.312 e. The summed E-state index contributed by atoms with van der Waals surface area (Å²) >= 11 is 0. The van der Waals surface area contributed by atoms with Gasteiger partial charge in [-0.25, -0.2) is 0 Å². The van der Waals surface area contributed by atoms with Crippen LogP contribution in [-0.2, 0) is 14.3 Å². The maximum atomic E-state index is 12.7. The number of hydrogen-bond acceptors (Lipinski definition) is 5. The van der Waals surface area contributed by atoms with Crippen molar-refractivity contribution in [2.45, 2.75) is 64.6 Å². The fraction of sp³-hybridized carbons (Fsp3) is 0.810. The van der Waals surface area contributed by atoms with Crippen molar-refractivity contribution in [2.24, 2.45) is 34.5 Å². The quantitative estimate of drug-likeness (QED) is 0.552. The number of carbonyl (C=O) groups is 2. The lowest BCUT2D eigenvalue weighted by molar-refractivity contribution is -0.166. The monoisotopic (exact) mass is 362 g/mol. The molecule has 4 rings (SSSR count). The number of rotatable bonds is 1. The first-order chi connectivity index (χ1) is 12.2. The molecule has 0 bridgehead atoms. The molecule has 0 aromatic carbocycles. The van der Waals surface area contributed by atoms with Crippen molar-refractivity contribution in [2.75, 3.05) is 7.11 Å². The summed E-state index contributed by atoms with van der Waals surface area (Å²) < 4.78 is 5.11. The van der Waals surface area contributed by atoms with Crippen molar-refractivity contribution in [3.05, 3.63) is 11.6 Å². The van der Waals surface area contributed by atoms with E-state index in [0.717, 1.165) is 18.4 Å². The maximum Gasteiger partial charge on any atom is 0.312 e. The molecule has 0 aromatic rings. The Balaban J connectivity index is 1.85. The Morgan fingerprint density at radius 1 is 1.23 bits per heavy atom. The topological polar surface area (TPSA) is 83.8 Å². The van der Waals surface area contributed by atoms with Gasteiger partial charge in [-0.05, 0) is 55.3 Å². The number of carbonyl (C=O) groups excluding carboxylic acids is 2. The van der Waals surface area contributed by atoms with Gasteiger partial charge in [0, 0.05) is 11.8 Å². The first-order valence-electron chi connectivity index (χ1n) is 9.91. The molecule has 3 fully saturated rings. The first kappa shape index (κ1) is 18.2. The van der Waals surface area contributed by atoms with Crippen LogP contribution >= 0.6 is 0 Å². The number of esters is 1. The summed E-state index contributed by atoms with van der Waals surface area (Å²) in [6, 6.07) is 0. The highest BCUT2D eigenvalue weighted by Gasteiger charge is 2.64.